The second-order valence-corrected chi connectivity index (χ2v) is 20.6. The van der Waals surface area contributed by atoms with E-state index in [1.807, 2.05) is 121 Å². The molecule has 0 aliphatic carbocycles. The Balaban J connectivity index is 0.000000317. The molecule has 0 aromatic heterocycles. The van der Waals surface area contributed by atoms with Crippen molar-refractivity contribution in [1.29, 1.82) is 0 Å². The topological polar surface area (TPSA) is 0 Å². The van der Waals surface area contributed by atoms with Crippen molar-refractivity contribution < 1.29 is 40.0 Å². The van der Waals surface area contributed by atoms with Crippen LogP contribution in [0.3, 0.4) is 0 Å². The Bertz CT molecular complexity index is 963. The van der Waals surface area contributed by atoms with E-state index >= 15 is 0 Å². The van der Waals surface area contributed by atoms with Gasteiger partial charge < -0.3 is 0 Å². The van der Waals surface area contributed by atoms with Gasteiger partial charge in [-0.25, -0.2) is 0 Å². The third-order valence-electron chi connectivity index (χ3n) is 5.39. The second kappa shape index (κ2) is 15.2. The van der Waals surface area contributed by atoms with Crippen molar-refractivity contribution >= 4 is 74.0 Å². The molecule has 0 N–H and O–H groups in total. The summed E-state index contributed by atoms with van der Waals surface area (Å²) in [5, 5.41) is 4.06. The maximum absolute atomic E-state index is 6.75. The van der Waals surface area contributed by atoms with Gasteiger partial charge >= 0.3 is 262 Å². The minimum absolute atomic E-state index is 1.02. The van der Waals surface area contributed by atoms with Crippen LogP contribution < -0.4 is 21.2 Å². The first-order chi connectivity index (χ1) is 17.0. The molecule has 0 atom stereocenters. The molecule has 0 fully saturated rings. The third-order valence-corrected chi connectivity index (χ3v) is 13.7. The molecule has 4 rings (SSSR count). The Morgan fingerprint density at radius 2 is 0.500 bits per heavy atom. The van der Waals surface area contributed by atoms with Gasteiger partial charge in [-0.3, -0.25) is 0 Å². The van der Waals surface area contributed by atoms with Crippen LogP contribution in [-0.2, 0) is 40.0 Å². The van der Waals surface area contributed by atoms with Crippen molar-refractivity contribution in [1.82, 2.24) is 0 Å². The van der Waals surface area contributed by atoms with Gasteiger partial charge in [0.25, 0.3) is 0 Å². The van der Waals surface area contributed by atoms with Crippen LogP contribution in [0.4, 0.5) is 0 Å². The van der Waals surface area contributed by atoms with Crippen LogP contribution in [0.25, 0.3) is 0 Å². The van der Waals surface area contributed by atoms with Gasteiger partial charge in [0.15, 0.2) is 0 Å². The van der Waals surface area contributed by atoms with Gasteiger partial charge in [0.1, 0.15) is 0 Å². The summed E-state index contributed by atoms with van der Waals surface area (Å²) in [6.07, 6.45) is 0. The molecule has 0 heterocycles. The van der Waals surface area contributed by atoms with Crippen molar-refractivity contribution in [2.45, 2.75) is 0 Å². The average Bonchev–Trinajstić information content (AvgIpc) is 2.93. The van der Waals surface area contributed by atoms with E-state index in [1.54, 1.807) is 40.0 Å². The van der Waals surface area contributed by atoms with Crippen LogP contribution in [0.2, 0.25) is 0 Å². The number of hydrogen-bond acceptors (Lipinski definition) is 0. The molecular formula is C28H28Au2Cl4P2-4. The van der Waals surface area contributed by atoms with E-state index in [-0.39, 0.29) is 0 Å². The molecule has 0 aliphatic rings. The Hall–Kier alpha value is 0.381. The molecule has 0 amide bonds. The summed E-state index contributed by atoms with van der Waals surface area (Å²) >= 11 is 17.0. The Labute approximate surface area is 259 Å². The zero-order valence-corrected chi connectivity index (χ0v) is 28.5. The molecule has 4 aromatic rings. The van der Waals surface area contributed by atoms with Crippen molar-refractivity contribution in [2.75, 3.05) is 0 Å². The van der Waals surface area contributed by atoms with Gasteiger partial charge in [-0.05, 0) is 0 Å². The maximum atomic E-state index is 6.75. The fraction of sp³-hybridized carbons (Fsp3) is 0. The van der Waals surface area contributed by atoms with Gasteiger partial charge in [0, 0.05) is 0 Å². The summed E-state index contributed by atoms with van der Waals surface area (Å²) in [6, 6.07) is 39.6. The molecule has 8 heteroatoms. The van der Waals surface area contributed by atoms with Crippen molar-refractivity contribution in [3.63, 3.8) is 0 Å². The van der Waals surface area contributed by atoms with Crippen LogP contribution in [0, 0.1) is 26.7 Å². The normalized spacial score (nSPS) is 12.9. The summed E-state index contributed by atoms with van der Waals surface area (Å²) in [6.45, 7) is 16.9. The molecule has 4 aromatic carbocycles. The van der Waals surface area contributed by atoms with Gasteiger partial charge in [0.05, 0.1) is 0 Å². The monoisotopic (exact) mass is 960 g/mol. The zero-order chi connectivity index (χ0) is 27.3. The quantitative estimate of drug-likeness (QED) is 0.109. The Morgan fingerprint density at radius 3 is 0.639 bits per heavy atom. The molecule has 0 bridgehead atoms. The standard InChI is InChI=1S/2C14H14ClP.2Au.2ClH/c2*1-16(2,15,13-9-5-3-6-10-13)14-11-7-4-8-12-14;;;;/h2*3-12H,1-2H2;;;2*1H/q2*-2;2*+1;;/p-2. The molecule has 0 spiro atoms. The number of hydrogen-bond donors (Lipinski definition) is 0. The molecule has 0 saturated heterocycles. The van der Waals surface area contributed by atoms with E-state index in [0.29, 0.717) is 0 Å². The summed E-state index contributed by atoms with van der Waals surface area (Å²) < 4.78 is 0. The summed E-state index contributed by atoms with van der Waals surface area (Å²) in [7, 11) is 9.17. The van der Waals surface area contributed by atoms with E-state index in [1.165, 1.54) is 0 Å². The van der Waals surface area contributed by atoms with Crippen LogP contribution in [0.5, 0.6) is 0 Å². The fourth-order valence-corrected chi connectivity index (χ4v) is 8.75. The number of halogens is 4. The predicted octanol–water partition coefficient (Wildman–Crippen LogP) is 9.23. The average molecular weight is 962 g/mol. The van der Waals surface area contributed by atoms with Gasteiger partial charge in [-0.15, -0.1) is 0 Å². The Morgan fingerprint density at radius 1 is 0.361 bits per heavy atom. The molecular weight excluding hydrogens is 934 g/mol. The predicted molar refractivity (Wildman–Crippen MR) is 163 cm³/mol. The molecule has 0 aliphatic heterocycles. The van der Waals surface area contributed by atoms with E-state index < -0.39 is 11.9 Å². The number of benzene rings is 4. The first-order valence-corrected chi connectivity index (χ1v) is 22.8. The summed E-state index contributed by atoms with van der Waals surface area (Å²) in [4.78, 5) is 0. The second-order valence-electron chi connectivity index (χ2n) is 8.09. The zero-order valence-electron chi connectivity index (χ0n) is 19.4. The van der Waals surface area contributed by atoms with Crippen LogP contribution in [0.1, 0.15) is 0 Å². The molecule has 0 nitrogen and oxygen atoms in total. The minimum atomic E-state index is -2.96. The number of rotatable bonds is 4. The fourth-order valence-electron chi connectivity index (χ4n) is 3.38. The van der Waals surface area contributed by atoms with Crippen LogP contribution >= 0.6 is 52.8 Å². The molecule has 36 heavy (non-hydrogen) atoms. The van der Waals surface area contributed by atoms with Crippen molar-refractivity contribution in [2.24, 2.45) is 0 Å². The molecule has 0 radical (unpaired) electrons. The van der Waals surface area contributed by atoms with E-state index in [2.05, 4.69) is 45.0 Å². The molecule has 0 unspecified atom stereocenters. The van der Waals surface area contributed by atoms with Gasteiger partial charge in [-0.1, -0.05) is 0 Å². The van der Waals surface area contributed by atoms with E-state index in [0.717, 1.165) is 21.2 Å². The summed E-state index contributed by atoms with van der Waals surface area (Å²) in [5.74, 6) is -5.92. The van der Waals surface area contributed by atoms with Crippen molar-refractivity contribution in [3.05, 3.63) is 148 Å². The van der Waals surface area contributed by atoms with Gasteiger partial charge in [-0.2, -0.15) is 0 Å². The SMILES string of the molecule is [CH2-]P([CH2-])(Cl)(c1ccccc1)c1ccccc1.[CH2-]P([CH2-])(Cl)(c1ccccc1)c1ccccc1.[Cl][Au].[Cl][Au]. The van der Waals surface area contributed by atoms with Crippen molar-refractivity contribution in [3.8, 4) is 0 Å². The van der Waals surface area contributed by atoms with Gasteiger partial charge in [0.2, 0.25) is 0 Å². The molecule has 204 valence electrons. The third kappa shape index (κ3) is 9.24. The molecule has 0 saturated carbocycles. The van der Waals surface area contributed by atoms with Crippen LogP contribution in [0.15, 0.2) is 121 Å². The summed E-state index contributed by atoms with van der Waals surface area (Å²) in [5.41, 5.74) is 0. The van der Waals surface area contributed by atoms with E-state index in [9.17, 15) is 0 Å². The first kappa shape index (κ1) is 34.4. The van der Waals surface area contributed by atoms with Crippen LogP contribution in [-0.4, -0.2) is 0 Å². The first-order valence-electron chi connectivity index (χ1n) is 10.4. The Kier molecular flexibility index (Phi) is 14.6. The van der Waals surface area contributed by atoms with E-state index in [4.69, 9.17) is 22.5 Å².